The minimum Gasteiger partial charge on any atom is -0.373 e. The zero-order valence-corrected chi connectivity index (χ0v) is 94.2. The summed E-state index contributed by atoms with van der Waals surface area (Å²) in [5.74, 6) is 5.66. The van der Waals surface area contributed by atoms with Crippen LogP contribution in [0.2, 0.25) is 0 Å². The van der Waals surface area contributed by atoms with Crippen LogP contribution in [0.5, 0.6) is 0 Å². The predicted octanol–water partition coefficient (Wildman–Crippen LogP) is 12.0. The van der Waals surface area contributed by atoms with Gasteiger partial charge < -0.3 is 65.7 Å². The first-order valence-electron chi connectivity index (χ1n) is 58.4. The maximum absolute atomic E-state index is 13.5. The summed E-state index contributed by atoms with van der Waals surface area (Å²) in [6, 6.07) is 10.4. The van der Waals surface area contributed by atoms with Crippen molar-refractivity contribution in [2.75, 3.05) is 209 Å². The Labute approximate surface area is 891 Å². The van der Waals surface area contributed by atoms with E-state index in [0.29, 0.717) is 84.9 Å². The molecule has 5 aliphatic carbocycles. The fraction of sp³-hybridized carbons (Fsp3) is 0.776. The van der Waals surface area contributed by atoms with Crippen LogP contribution in [0, 0.1) is 38.9 Å². The quantitative estimate of drug-likeness (QED) is 0.0213. The van der Waals surface area contributed by atoms with Crippen molar-refractivity contribution in [2.24, 2.45) is 38.9 Å². The zero-order chi connectivity index (χ0) is 105. The molecule has 33 nitrogen and oxygen atoms in total. The minimum absolute atomic E-state index is 0.0640. The number of rotatable bonds is 36. The molecule has 5 aromatic heterocycles. The average molecular weight is 2060 g/mol. The van der Waals surface area contributed by atoms with E-state index in [1.165, 1.54) is 104 Å². The molecule has 149 heavy (non-hydrogen) atoms. The van der Waals surface area contributed by atoms with Gasteiger partial charge in [0.1, 0.15) is 0 Å². The van der Waals surface area contributed by atoms with Crippen LogP contribution < -0.4 is 31.9 Å². The summed E-state index contributed by atoms with van der Waals surface area (Å²) < 4.78 is 28.5. The zero-order valence-electron chi connectivity index (χ0n) is 94.2. The highest BCUT2D eigenvalue weighted by molar-refractivity contribution is 5.87. The van der Waals surface area contributed by atoms with Gasteiger partial charge in [0.15, 0.2) is 0 Å². The number of hydrogen-bond acceptors (Lipinski definition) is 23. The maximum atomic E-state index is 13.5. The lowest BCUT2D eigenvalue weighted by atomic mass is 9.67. The third-order valence-corrected chi connectivity index (χ3v) is 37.4. The molecule has 5 amide bonds. The topological polar surface area (TPSA) is 303 Å². The van der Waals surface area contributed by atoms with Crippen molar-refractivity contribution in [3.8, 4) is 0 Å². The monoisotopic (exact) mass is 2060 g/mol. The van der Waals surface area contributed by atoms with Gasteiger partial charge in [0, 0.05) is 210 Å². The van der Waals surface area contributed by atoms with Gasteiger partial charge in [-0.05, 0) is 304 Å². The van der Waals surface area contributed by atoms with Crippen molar-refractivity contribution < 1.29 is 38.2 Å². The van der Waals surface area contributed by atoms with Crippen molar-refractivity contribution in [3.05, 3.63) is 121 Å². The molecular weight excluding hydrogens is 1870 g/mol. The molecule has 15 heterocycles. The Hall–Kier alpha value is -7.90. The van der Waals surface area contributed by atoms with Crippen molar-refractivity contribution in [1.29, 1.82) is 0 Å². The second-order valence-corrected chi connectivity index (χ2v) is 48.7. The van der Waals surface area contributed by atoms with Gasteiger partial charge in [-0.1, -0.05) is 58.0 Å². The third kappa shape index (κ3) is 25.8. The normalized spacial score (nSPS) is 26.6. The largest absolute Gasteiger partial charge is 0.373 e. The van der Waals surface area contributed by atoms with E-state index in [9.17, 15) is 24.0 Å². The second kappa shape index (κ2) is 51.2. The van der Waals surface area contributed by atoms with Gasteiger partial charge >= 0.3 is 0 Å². The second-order valence-electron chi connectivity index (χ2n) is 48.7. The van der Waals surface area contributed by atoms with E-state index in [1.54, 1.807) is 5.56 Å². The molecule has 5 saturated heterocycles. The van der Waals surface area contributed by atoms with Crippen LogP contribution >= 0.6 is 0 Å². The molecule has 1 aromatic carbocycles. The number of hydrogen-bond donors (Lipinski definition) is 6. The molecule has 0 bridgehead atoms. The molecule has 15 aliphatic rings. The van der Waals surface area contributed by atoms with Crippen LogP contribution in [0.4, 0.5) is 0 Å². The number of carbonyl (C=O) groups is 5. The number of amides is 5. The highest BCUT2D eigenvalue weighted by Gasteiger charge is 2.55. The summed E-state index contributed by atoms with van der Waals surface area (Å²) in [4.78, 5) is 85.0. The molecular formula is C116H189N25O8. The fourth-order valence-electron chi connectivity index (χ4n) is 28.8. The number of nitrogens with one attached hydrogen (secondary N) is 6. The number of nitrogens with zero attached hydrogens (tertiary/aromatic N) is 19. The van der Waals surface area contributed by atoms with Crippen LogP contribution in [-0.2, 0) is 143 Å². The number of ether oxygens (including phenoxy) is 3. The van der Waals surface area contributed by atoms with E-state index in [1.807, 2.05) is 53.3 Å². The Balaban J connectivity index is 0.000000127. The van der Waals surface area contributed by atoms with Crippen molar-refractivity contribution in [1.82, 2.24) is 125 Å². The molecule has 0 unspecified atom stereocenters. The summed E-state index contributed by atoms with van der Waals surface area (Å²) in [6.45, 7) is 39.4. The SMILES string of the molecule is CNCCN(C)Cc1nn2c(c1C1CCC3(CC1)CCN(C)C3=O)COCC2.CNCCN(C)Cc1nn2c(c1C1CCC3(CC1)CCN(CC(C)C)C3=O)CCC2.CNCCN(C)Cc1nn2c(c1C1CCC3(CC1)CCN(CC(C)C)C3=O)COCC2.CNCCN(C)Cc1nn2c(c1C1CCC3(CC1)CCN(Cc1ccccc1)C3=O)CCC2.CNCCN(C)Cc1nn2c(c1C1CCC3(CCNC3=O)CC1)COCC2. The number of carbonyl (C=O) groups excluding carboxylic acids is 5. The van der Waals surface area contributed by atoms with Gasteiger partial charge in [-0.25, -0.2) is 0 Å². The van der Waals surface area contributed by atoms with Crippen molar-refractivity contribution in [2.45, 2.75) is 335 Å². The van der Waals surface area contributed by atoms with E-state index < -0.39 is 0 Å². The highest BCUT2D eigenvalue weighted by Crippen LogP contribution is 2.57. The van der Waals surface area contributed by atoms with Crippen molar-refractivity contribution >= 4 is 29.5 Å². The Bertz CT molecular complexity index is 5360. The molecule has 826 valence electrons. The van der Waals surface area contributed by atoms with E-state index in [4.69, 9.17) is 39.7 Å². The van der Waals surface area contributed by atoms with Crippen LogP contribution in [0.1, 0.15) is 321 Å². The van der Waals surface area contributed by atoms with E-state index in [0.717, 1.165) is 370 Å². The molecule has 10 fully saturated rings. The Morgan fingerprint density at radius 1 is 0.349 bits per heavy atom. The first-order valence-corrected chi connectivity index (χ1v) is 58.4. The molecule has 6 aromatic rings. The Morgan fingerprint density at radius 2 is 0.631 bits per heavy atom. The molecule has 33 heteroatoms. The lowest BCUT2D eigenvalue weighted by Crippen LogP contribution is -2.38. The minimum atomic E-state index is -0.120. The highest BCUT2D eigenvalue weighted by atomic mass is 16.5. The van der Waals surface area contributed by atoms with Gasteiger partial charge in [0.05, 0.1) is 132 Å². The Morgan fingerprint density at radius 3 is 0.919 bits per heavy atom. The number of likely N-dealkylation sites (N-methyl/N-ethyl adjacent to an activating group) is 10. The molecule has 6 N–H and O–H groups in total. The standard InChI is InChI=1S/C27H39N5O.C24H41N5O2.C24H41N5O.C21H35N5O2.C20H33N5O2/c1-28-15-18-30(2)20-23-25(24-9-6-16-32(24)29-23)22-10-12-27(13-11-22)14-17-31(26(27)33)19-21-7-4-3-5-8-21;1-18(2)15-28-11-9-24(23(28)30)7-5-19(6-8-24)22-20(16-27(4)12-10-25-3)26-29-13-14-31-17-21(22)29;1-18(2)16-28-14-11-24(23(28)30)9-7-19(8-10-24)22-20(17-27(4)15-12-25-3)26-29-13-5-6-21(22)29;1-22-9-11-24(2)14-17-19(18-15-28-13-12-26(18)23-17)16-4-6-21(7-5-16)8-10-25(3)20(21)27;1-21-9-10-24(2)13-16-18(17-14-27-12-11-25(17)23-16)15-3-5-20(6-4-15)7-8-22-19(20)26/h3-5,7-8,22,28H,6,9-20H2,1-2H3;18-19,25H,5-17H2,1-4H3;18-19,25H,5-17H2,1-4H3;16,22H,4-15H2,1-3H3;15,21H,3-14H2,1-2H3,(H,22,26). The molecule has 0 radical (unpaired) electrons. The van der Waals surface area contributed by atoms with Crippen molar-refractivity contribution in [3.63, 3.8) is 0 Å². The fourth-order valence-corrected chi connectivity index (χ4v) is 28.8. The maximum Gasteiger partial charge on any atom is 0.229 e. The first-order chi connectivity index (χ1) is 72.1. The van der Waals surface area contributed by atoms with E-state index in [-0.39, 0.29) is 33.0 Å². The molecule has 0 atom stereocenters. The Kier molecular flexibility index (Phi) is 38.6. The van der Waals surface area contributed by atoms with Gasteiger partial charge in [0.2, 0.25) is 29.5 Å². The lowest BCUT2D eigenvalue weighted by molar-refractivity contribution is -0.138. The molecule has 21 rings (SSSR count). The average Bonchev–Trinajstić information content (AvgIpc) is 1.63. The van der Waals surface area contributed by atoms with E-state index in [2.05, 4.69) is 182 Å². The lowest BCUT2D eigenvalue weighted by Gasteiger charge is -2.36. The van der Waals surface area contributed by atoms with Gasteiger partial charge in [-0.2, -0.15) is 25.5 Å². The van der Waals surface area contributed by atoms with Gasteiger partial charge in [-0.3, -0.25) is 71.9 Å². The van der Waals surface area contributed by atoms with Gasteiger partial charge in [0.25, 0.3) is 0 Å². The number of aromatic nitrogens is 10. The van der Waals surface area contributed by atoms with Gasteiger partial charge in [-0.15, -0.1) is 0 Å². The molecule has 5 saturated carbocycles. The first kappa shape index (κ1) is 112. The summed E-state index contributed by atoms with van der Waals surface area (Å²) in [7, 11) is 22.8. The van der Waals surface area contributed by atoms with Crippen LogP contribution in [-0.4, -0.2) is 331 Å². The summed E-state index contributed by atoms with van der Waals surface area (Å²) in [6.07, 6.45) is 31.3. The summed E-state index contributed by atoms with van der Waals surface area (Å²) >= 11 is 0. The summed E-state index contributed by atoms with van der Waals surface area (Å²) in [5.41, 5.74) is 21.2. The molecule has 5 spiro atoms. The third-order valence-electron chi connectivity index (χ3n) is 37.4. The predicted molar refractivity (Wildman–Crippen MR) is 585 cm³/mol. The number of likely N-dealkylation sites (tertiary alicyclic amines) is 4. The molecule has 10 aliphatic heterocycles. The number of benzene rings is 1. The number of fused-ring (bicyclic) bond motifs is 5. The summed E-state index contributed by atoms with van der Waals surface area (Å²) in [5, 5.41) is 44.3. The van der Waals surface area contributed by atoms with Crippen LogP contribution in [0.3, 0.4) is 0 Å². The van der Waals surface area contributed by atoms with Crippen LogP contribution in [0.25, 0.3) is 0 Å². The number of aryl methyl sites for hydroxylation is 2. The van der Waals surface area contributed by atoms with Crippen LogP contribution in [0.15, 0.2) is 30.3 Å². The van der Waals surface area contributed by atoms with E-state index >= 15 is 0 Å². The smallest absolute Gasteiger partial charge is 0.229 e.